The summed E-state index contributed by atoms with van der Waals surface area (Å²) in [6.45, 7) is 4.75. The van der Waals surface area contributed by atoms with Crippen LogP contribution in [0.1, 0.15) is 49.9 Å². The van der Waals surface area contributed by atoms with Gasteiger partial charge < -0.3 is 25.9 Å². The van der Waals surface area contributed by atoms with Gasteiger partial charge in [-0.3, -0.25) is 9.59 Å². The van der Waals surface area contributed by atoms with E-state index in [-0.39, 0.29) is 21.0 Å². The molecule has 0 aliphatic carbocycles. The molecule has 0 radical (unpaired) electrons. The number of carbonyl (C=O) groups excluding carboxylic acids is 3. The Hall–Kier alpha value is -2.99. The normalized spacial score (nSPS) is 10.7. The first-order chi connectivity index (χ1) is 12.5. The highest BCUT2D eigenvalue weighted by Gasteiger charge is 2.30. The van der Waals surface area contributed by atoms with Crippen molar-refractivity contribution in [2.45, 2.75) is 26.9 Å². The second-order valence-electron chi connectivity index (χ2n) is 5.52. The molecule has 0 atom stereocenters. The minimum Gasteiger partial charge on any atom is -0.459 e. The lowest BCUT2D eigenvalue weighted by molar-refractivity contribution is -0.389. The fourth-order valence-electron chi connectivity index (χ4n) is 2.11. The molecule has 4 N–H and O–H groups in total. The van der Waals surface area contributed by atoms with Gasteiger partial charge in [-0.25, -0.2) is 4.79 Å². The number of amides is 2. The van der Waals surface area contributed by atoms with E-state index in [1.54, 1.807) is 13.8 Å². The molecular formula is C14H14ClN5O6S. The van der Waals surface area contributed by atoms with E-state index >= 15 is 0 Å². The lowest BCUT2D eigenvalue weighted by Gasteiger charge is -2.10. The molecule has 0 saturated heterocycles. The van der Waals surface area contributed by atoms with Crippen LogP contribution in [0.3, 0.4) is 0 Å². The number of nitro groups is 1. The van der Waals surface area contributed by atoms with Crippen LogP contribution in [0.15, 0.2) is 0 Å². The monoisotopic (exact) mass is 415 g/mol. The van der Waals surface area contributed by atoms with Crippen molar-refractivity contribution in [2.24, 2.45) is 5.73 Å². The van der Waals surface area contributed by atoms with E-state index in [0.29, 0.717) is 0 Å². The van der Waals surface area contributed by atoms with Gasteiger partial charge in [0.05, 0.1) is 16.5 Å². The van der Waals surface area contributed by atoms with Gasteiger partial charge in [-0.15, -0.1) is 16.4 Å². The number of rotatable bonds is 6. The topological polar surface area (TPSA) is 170 Å². The minimum atomic E-state index is -0.916. The van der Waals surface area contributed by atoms with E-state index in [0.717, 1.165) is 11.3 Å². The molecule has 2 heterocycles. The fraction of sp³-hybridized carbons (Fsp3) is 0.286. The summed E-state index contributed by atoms with van der Waals surface area (Å²) in [5.74, 6) is -3.12. The molecule has 0 aliphatic rings. The molecule has 13 heteroatoms. The first-order valence-corrected chi connectivity index (χ1v) is 8.57. The molecule has 0 unspecified atom stereocenters. The maximum absolute atomic E-state index is 12.4. The molecule has 2 rings (SSSR count). The third-order valence-electron chi connectivity index (χ3n) is 3.23. The summed E-state index contributed by atoms with van der Waals surface area (Å²) in [5, 5.41) is 18.2. The summed E-state index contributed by atoms with van der Waals surface area (Å²) in [7, 11) is 0. The molecule has 0 bridgehead atoms. The molecule has 0 aromatic carbocycles. The number of esters is 1. The molecule has 2 amide bonds. The highest BCUT2D eigenvalue weighted by Crippen LogP contribution is 2.34. The number of hydrogen-bond donors (Lipinski definition) is 3. The molecule has 0 saturated carbocycles. The van der Waals surface area contributed by atoms with Crippen LogP contribution in [0.25, 0.3) is 0 Å². The van der Waals surface area contributed by atoms with Gasteiger partial charge >= 0.3 is 11.8 Å². The van der Waals surface area contributed by atoms with Crippen LogP contribution in [-0.4, -0.2) is 39.0 Å². The smallest absolute Gasteiger partial charge is 0.362 e. The Bertz CT molecular complexity index is 950. The summed E-state index contributed by atoms with van der Waals surface area (Å²) >= 11 is 6.55. The number of nitrogens with one attached hydrogen (secondary N) is 2. The van der Waals surface area contributed by atoms with Crippen LogP contribution in [0.4, 0.5) is 10.8 Å². The predicted octanol–water partition coefficient (Wildman–Crippen LogP) is 2.26. The quantitative estimate of drug-likeness (QED) is 0.368. The Labute approximate surface area is 161 Å². The number of aromatic nitrogens is 2. The number of carbonyl (C=O) groups is 3. The van der Waals surface area contributed by atoms with Gasteiger partial charge in [0, 0.05) is 0 Å². The lowest BCUT2D eigenvalue weighted by atomic mass is 10.1. The van der Waals surface area contributed by atoms with Crippen molar-refractivity contribution in [3.63, 3.8) is 0 Å². The summed E-state index contributed by atoms with van der Waals surface area (Å²) in [5.41, 5.74) is 5.05. The van der Waals surface area contributed by atoms with E-state index in [1.807, 2.05) is 5.10 Å². The molecule has 144 valence electrons. The average molecular weight is 416 g/mol. The number of thiophene rings is 1. The van der Waals surface area contributed by atoms with Crippen molar-refractivity contribution < 1.29 is 24.0 Å². The van der Waals surface area contributed by atoms with Crippen molar-refractivity contribution in [2.75, 3.05) is 5.32 Å². The van der Waals surface area contributed by atoms with Crippen molar-refractivity contribution in [3.8, 4) is 0 Å². The Morgan fingerprint density at radius 3 is 2.52 bits per heavy atom. The third-order valence-corrected chi connectivity index (χ3v) is 4.81. The van der Waals surface area contributed by atoms with Gasteiger partial charge in [0.15, 0.2) is 10.7 Å². The third kappa shape index (κ3) is 4.06. The first kappa shape index (κ1) is 20.3. The van der Waals surface area contributed by atoms with E-state index in [2.05, 4.69) is 10.4 Å². The van der Waals surface area contributed by atoms with Gasteiger partial charge in [-0.1, -0.05) is 16.7 Å². The number of hydrogen-bond acceptors (Lipinski definition) is 8. The van der Waals surface area contributed by atoms with Crippen molar-refractivity contribution in [3.05, 3.63) is 36.8 Å². The Balaban J connectivity index is 2.44. The summed E-state index contributed by atoms with van der Waals surface area (Å²) in [6.07, 6.45) is -0.444. The van der Waals surface area contributed by atoms with Crippen LogP contribution >= 0.6 is 22.9 Å². The number of halogens is 1. The number of aromatic amines is 1. The van der Waals surface area contributed by atoms with Gasteiger partial charge in [-0.2, -0.15) is 0 Å². The summed E-state index contributed by atoms with van der Waals surface area (Å²) in [6, 6.07) is 0. The van der Waals surface area contributed by atoms with E-state index < -0.39 is 45.3 Å². The van der Waals surface area contributed by atoms with Crippen LogP contribution in [0.2, 0.25) is 5.02 Å². The largest absolute Gasteiger partial charge is 0.459 e. The zero-order chi connectivity index (χ0) is 20.5. The zero-order valence-corrected chi connectivity index (χ0v) is 15.9. The predicted molar refractivity (Wildman–Crippen MR) is 96.3 cm³/mol. The van der Waals surface area contributed by atoms with E-state index in [9.17, 15) is 24.5 Å². The number of nitrogens with zero attached hydrogens (tertiary/aromatic N) is 2. The maximum atomic E-state index is 12.4. The standard InChI is InChI=1S/C14H14ClN5O6S/c1-4(2)26-14(23)6-5(3)9(10(16)21)27-13(6)17-12(22)8-7(15)11(19-18-8)20(24)25/h4H,1-3H3,(H2,16,21)(H,17,22)(H,18,19). The van der Waals surface area contributed by atoms with Crippen LogP contribution in [0, 0.1) is 17.0 Å². The summed E-state index contributed by atoms with van der Waals surface area (Å²) in [4.78, 5) is 46.3. The van der Waals surface area contributed by atoms with Gasteiger partial charge in [0.1, 0.15) is 5.00 Å². The number of primary amides is 1. The van der Waals surface area contributed by atoms with Crippen molar-refractivity contribution in [1.82, 2.24) is 10.2 Å². The molecule has 0 aliphatic heterocycles. The minimum absolute atomic E-state index is 0.0151. The molecule has 27 heavy (non-hydrogen) atoms. The number of nitrogens with two attached hydrogens (primary N) is 1. The van der Waals surface area contributed by atoms with Gasteiger partial charge in [0.25, 0.3) is 11.8 Å². The molecular weight excluding hydrogens is 402 g/mol. The summed E-state index contributed by atoms with van der Waals surface area (Å²) < 4.78 is 5.12. The van der Waals surface area contributed by atoms with Gasteiger partial charge in [-0.05, 0) is 31.3 Å². The molecule has 2 aromatic heterocycles. The highest BCUT2D eigenvalue weighted by atomic mass is 35.5. The molecule has 2 aromatic rings. The number of ether oxygens (including phenoxy) is 1. The van der Waals surface area contributed by atoms with Crippen LogP contribution in [0.5, 0.6) is 0 Å². The Morgan fingerprint density at radius 1 is 1.41 bits per heavy atom. The van der Waals surface area contributed by atoms with Crippen LogP contribution in [-0.2, 0) is 4.74 Å². The number of H-pyrrole nitrogens is 1. The maximum Gasteiger partial charge on any atom is 0.362 e. The second kappa shape index (κ2) is 7.72. The highest BCUT2D eigenvalue weighted by molar-refractivity contribution is 7.18. The molecule has 0 spiro atoms. The van der Waals surface area contributed by atoms with Crippen molar-refractivity contribution >= 4 is 51.5 Å². The molecule has 0 fully saturated rings. The lowest BCUT2D eigenvalue weighted by Crippen LogP contribution is -2.17. The number of anilines is 1. The average Bonchev–Trinajstić information content (AvgIpc) is 3.07. The Morgan fingerprint density at radius 2 is 2.04 bits per heavy atom. The van der Waals surface area contributed by atoms with E-state index in [1.165, 1.54) is 6.92 Å². The molecule has 11 nitrogen and oxygen atoms in total. The van der Waals surface area contributed by atoms with E-state index in [4.69, 9.17) is 22.1 Å². The first-order valence-electron chi connectivity index (χ1n) is 7.38. The second-order valence-corrected chi connectivity index (χ2v) is 6.92. The van der Waals surface area contributed by atoms with Crippen LogP contribution < -0.4 is 11.1 Å². The van der Waals surface area contributed by atoms with Gasteiger partial charge in [0.2, 0.25) is 0 Å². The fourth-order valence-corrected chi connectivity index (χ4v) is 3.39. The Kier molecular flexibility index (Phi) is 5.81. The SMILES string of the molecule is Cc1c(C(N)=O)sc(NC(=O)c2n[nH]c([N+](=O)[O-])c2Cl)c1C(=O)OC(C)C. The zero-order valence-electron chi connectivity index (χ0n) is 14.3. The van der Waals surface area contributed by atoms with Crippen molar-refractivity contribution in [1.29, 1.82) is 0 Å².